The summed E-state index contributed by atoms with van der Waals surface area (Å²) in [6.07, 6.45) is 0. The van der Waals surface area contributed by atoms with Gasteiger partial charge in [-0.05, 0) is 63.5 Å². The number of nitrogens with zero attached hydrogens (tertiary/aromatic N) is 2. The summed E-state index contributed by atoms with van der Waals surface area (Å²) >= 11 is 0. The maximum atomic E-state index is 6.92. The molecule has 0 N–H and O–H groups in total. The molecule has 9 aromatic rings. The van der Waals surface area contributed by atoms with E-state index in [4.69, 9.17) is 9.40 Å². The van der Waals surface area contributed by atoms with E-state index in [1.165, 1.54) is 27.1 Å². The molecule has 3 nitrogen and oxygen atoms in total. The summed E-state index contributed by atoms with van der Waals surface area (Å²) in [5.41, 5.74) is 8.05. The lowest BCUT2D eigenvalue weighted by atomic mass is 9.92. The van der Waals surface area contributed by atoms with Crippen LogP contribution >= 0.6 is 0 Å². The van der Waals surface area contributed by atoms with E-state index in [1.807, 2.05) is 12.1 Å². The molecule has 0 bridgehead atoms. The summed E-state index contributed by atoms with van der Waals surface area (Å²) in [5, 5.41) is 7.13. The molecule has 7 aromatic carbocycles. The fraction of sp³-hybridized carbons (Fsp3) is 0. The molecule has 0 spiro atoms. The van der Waals surface area contributed by atoms with E-state index in [9.17, 15) is 0 Å². The van der Waals surface area contributed by atoms with Gasteiger partial charge in [0.05, 0.1) is 16.6 Å². The molecule has 0 saturated carbocycles. The third kappa shape index (κ3) is 3.31. The minimum absolute atomic E-state index is 0.845. The second kappa shape index (κ2) is 8.92. The number of fused-ring (bicyclic) bond motifs is 7. The van der Waals surface area contributed by atoms with Gasteiger partial charge >= 0.3 is 0 Å². The molecular weight excluding hydrogens is 512 g/mol. The van der Waals surface area contributed by atoms with Crippen molar-refractivity contribution < 1.29 is 4.42 Å². The molecule has 0 fully saturated rings. The minimum Gasteiger partial charge on any atom is -0.455 e. The summed E-state index contributed by atoms with van der Waals surface area (Å²) in [6, 6.07) is 51.2. The highest BCUT2D eigenvalue weighted by molar-refractivity contribution is 6.18. The predicted molar refractivity (Wildman–Crippen MR) is 174 cm³/mol. The van der Waals surface area contributed by atoms with Crippen LogP contribution in [0.4, 0.5) is 0 Å². The first-order valence-corrected chi connectivity index (χ1v) is 14.2. The first-order chi connectivity index (χ1) is 20.8. The van der Waals surface area contributed by atoms with E-state index in [1.54, 1.807) is 0 Å². The Morgan fingerprint density at radius 1 is 0.452 bits per heavy atom. The molecule has 2 aromatic heterocycles. The van der Waals surface area contributed by atoms with Crippen molar-refractivity contribution in [3.05, 3.63) is 146 Å². The first-order valence-electron chi connectivity index (χ1n) is 14.2. The van der Waals surface area contributed by atoms with E-state index in [2.05, 4.69) is 138 Å². The molecule has 0 aliphatic heterocycles. The van der Waals surface area contributed by atoms with Gasteiger partial charge in [0, 0.05) is 22.0 Å². The summed E-state index contributed by atoms with van der Waals surface area (Å²) in [5.74, 6) is 0.866. The van der Waals surface area contributed by atoms with Gasteiger partial charge in [0.2, 0.25) is 0 Å². The molecule has 3 heteroatoms. The molecule has 196 valence electrons. The van der Waals surface area contributed by atoms with Crippen LogP contribution in [-0.4, -0.2) is 9.55 Å². The Kier molecular flexibility index (Phi) is 4.90. The molecule has 0 radical (unpaired) electrons. The average Bonchev–Trinajstić information content (AvgIpc) is 3.64. The van der Waals surface area contributed by atoms with E-state index in [-0.39, 0.29) is 0 Å². The van der Waals surface area contributed by atoms with Crippen molar-refractivity contribution in [2.75, 3.05) is 0 Å². The van der Waals surface area contributed by atoms with E-state index in [0.717, 1.165) is 55.6 Å². The Morgan fingerprint density at radius 3 is 1.90 bits per heavy atom. The number of aromatic nitrogens is 2. The lowest BCUT2D eigenvalue weighted by Gasteiger charge is -2.11. The fourth-order valence-electron chi connectivity index (χ4n) is 6.53. The Bertz CT molecular complexity index is 2470. The van der Waals surface area contributed by atoms with Gasteiger partial charge in [-0.3, -0.25) is 4.57 Å². The second-order valence-electron chi connectivity index (χ2n) is 10.8. The molecule has 42 heavy (non-hydrogen) atoms. The lowest BCUT2D eigenvalue weighted by molar-refractivity contribution is 0.670. The molecule has 0 aliphatic carbocycles. The van der Waals surface area contributed by atoms with Crippen LogP contribution in [0.3, 0.4) is 0 Å². The van der Waals surface area contributed by atoms with E-state index >= 15 is 0 Å². The molecule has 0 atom stereocenters. The standard InChI is InChI=1S/C39H24N2O/c1-2-13-26(14-3-1)41-36-23-9-8-22-35(36)40-39(41)33-21-11-19-31-30-18-10-20-32(37(30)42-38(31)33)34-24-25-12-4-5-15-27(25)28-16-6-7-17-29(28)34/h1-24H. The quantitative estimate of drug-likeness (QED) is 0.210. The molecule has 0 saturated heterocycles. The highest BCUT2D eigenvalue weighted by Gasteiger charge is 2.21. The highest BCUT2D eigenvalue weighted by atomic mass is 16.3. The van der Waals surface area contributed by atoms with Crippen molar-refractivity contribution in [2.24, 2.45) is 0 Å². The molecular formula is C39H24N2O. The Morgan fingerprint density at radius 2 is 1.07 bits per heavy atom. The van der Waals surface area contributed by atoms with Crippen molar-refractivity contribution in [3.63, 3.8) is 0 Å². The number of hydrogen-bond donors (Lipinski definition) is 0. The average molecular weight is 537 g/mol. The SMILES string of the molecule is c1ccc(-n2c(-c3cccc4c3oc3c(-c5cc6ccccc6c6ccccc56)cccc34)nc3ccccc32)cc1. The smallest absolute Gasteiger partial charge is 0.149 e. The minimum atomic E-state index is 0.845. The number of para-hydroxylation sites is 5. The third-order valence-corrected chi connectivity index (χ3v) is 8.40. The van der Waals surface area contributed by atoms with Gasteiger partial charge in [0.25, 0.3) is 0 Å². The van der Waals surface area contributed by atoms with Crippen molar-refractivity contribution in [1.82, 2.24) is 9.55 Å². The summed E-state index contributed by atoms with van der Waals surface area (Å²) in [4.78, 5) is 5.14. The van der Waals surface area contributed by atoms with E-state index < -0.39 is 0 Å². The third-order valence-electron chi connectivity index (χ3n) is 8.40. The Labute approximate surface area is 241 Å². The van der Waals surface area contributed by atoms with Crippen molar-refractivity contribution >= 4 is 54.5 Å². The highest BCUT2D eigenvalue weighted by Crippen LogP contribution is 2.43. The number of imidazole rings is 1. The summed E-state index contributed by atoms with van der Waals surface area (Å²) in [6.45, 7) is 0. The van der Waals surface area contributed by atoms with E-state index in [0.29, 0.717) is 0 Å². The van der Waals surface area contributed by atoms with Crippen molar-refractivity contribution in [1.29, 1.82) is 0 Å². The van der Waals surface area contributed by atoms with Gasteiger partial charge in [0.15, 0.2) is 0 Å². The normalized spacial score (nSPS) is 11.8. The van der Waals surface area contributed by atoms with Gasteiger partial charge in [-0.15, -0.1) is 0 Å². The number of rotatable bonds is 3. The van der Waals surface area contributed by atoms with Crippen LogP contribution < -0.4 is 0 Å². The van der Waals surface area contributed by atoms with Gasteiger partial charge in [-0.1, -0.05) is 109 Å². The maximum Gasteiger partial charge on any atom is 0.149 e. The van der Waals surface area contributed by atoms with Gasteiger partial charge < -0.3 is 4.42 Å². The van der Waals surface area contributed by atoms with Crippen molar-refractivity contribution in [2.45, 2.75) is 0 Å². The van der Waals surface area contributed by atoms with Gasteiger partial charge in [0.1, 0.15) is 17.0 Å². The monoisotopic (exact) mass is 536 g/mol. The van der Waals surface area contributed by atoms with Crippen LogP contribution in [0.2, 0.25) is 0 Å². The van der Waals surface area contributed by atoms with Gasteiger partial charge in [-0.2, -0.15) is 0 Å². The predicted octanol–water partition coefficient (Wildman–Crippen LogP) is 10.6. The Balaban J connectivity index is 1.35. The Hall–Kier alpha value is -5.67. The maximum absolute atomic E-state index is 6.92. The zero-order chi connectivity index (χ0) is 27.6. The van der Waals surface area contributed by atoms with Gasteiger partial charge in [-0.25, -0.2) is 4.98 Å². The first kappa shape index (κ1) is 23.1. The number of furan rings is 1. The largest absolute Gasteiger partial charge is 0.455 e. The number of hydrogen-bond acceptors (Lipinski definition) is 2. The van der Waals surface area contributed by atoms with Crippen LogP contribution in [0.15, 0.2) is 150 Å². The van der Waals surface area contributed by atoms with Crippen LogP contribution in [0.5, 0.6) is 0 Å². The lowest BCUT2D eigenvalue weighted by Crippen LogP contribution is -1.97. The van der Waals surface area contributed by atoms with Crippen molar-refractivity contribution in [3.8, 4) is 28.2 Å². The van der Waals surface area contributed by atoms with Crippen LogP contribution in [0, 0.1) is 0 Å². The molecule has 0 unspecified atom stereocenters. The fourth-order valence-corrected chi connectivity index (χ4v) is 6.53. The molecule has 0 aliphatic rings. The molecule has 9 rings (SSSR count). The zero-order valence-corrected chi connectivity index (χ0v) is 22.7. The molecule has 2 heterocycles. The zero-order valence-electron chi connectivity index (χ0n) is 22.7. The van der Waals surface area contributed by atoms with Crippen LogP contribution in [-0.2, 0) is 0 Å². The van der Waals surface area contributed by atoms with Crippen LogP contribution in [0.25, 0.3) is 82.7 Å². The summed E-state index contributed by atoms with van der Waals surface area (Å²) in [7, 11) is 0. The second-order valence-corrected chi connectivity index (χ2v) is 10.8. The summed E-state index contributed by atoms with van der Waals surface area (Å²) < 4.78 is 9.15. The topological polar surface area (TPSA) is 31.0 Å². The van der Waals surface area contributed by atoms with Crippen LogP contribution in [0.1, 0.15) is 0 Å². The molecule has 0 amide bonds. The number of benzene rings is 7.